The van der Waals surface area contributed by atoms with Gasteiger partial charge in [0.15, 0.2) is 0 Å². The average Bonchev–Trinajstić information content (AvgIpc) is 2.82. The van der Waals surface area contributed by atoms with E-state index in [0.717, 1.165) is 27.9 Å². The number of nitrogens with one attached hydrogen (secondary N) is 1. The summed E-state index contributed by atoms with van der Waals surface area (Å²) in [6, 6.07) is 8.61. The van der Waals surface area contributed by atoms with Gasteiger partial charge in [-0.2, -0.15) is 0 Å². The zero-order valence-electron chi connectivity index (χ0n) is 13.6. The molecule has 3 N–H and O–H groups in total. The summed E-state index contributed by atoms with van der Waals surface area (Å²) >= 11 is 7.85. The maximum Gasteiger partial charge on any atom is 0.131 e. The first kappa shape index (κ1) is 17.1. The molecule has 3 rings (SSSR count). The third-order valence-electron chi connectivity index (χ3n) is 3.87. The molecule has 1 unspecified atom stereocenters. The molecule has 0 saturated carbocycles. The Labute approximate surface area is 149 Å². The molecular weight excluding hydrogens is 345 g/mol. The van der Waals surface area contributed by atoms with Crippen LogP contribution >= 0.6 is 22.9 Å². The minimum atomic E-state index is -0.221. The van der Waals surface area contributed by atoms with Crippen LogP contribution in [0, 0.1) is 12.7 Å². The van der Waals surface area contributed by atoms with Crippen molar-refractivity contribution in [2.24, 2.45) is 5.73 Å². The number of fused-ring (bicyclic) bond motifs is 1. The number of nitrogens with zero attached hydrogens (tertiary/aromatic N) is 1. The van der Waals surface area contributed by atoms with E-state index in [0.29, 0.717) is 17.3 Å². The maximum absolute atomic E-state index is 13.8. The lowest BCUT2D eigenvalue weighted by atomic mass is 10.1. The maximum atomic E-state index is 13.8. The summed E-state index contributed by atoms with van der Waals surface area (Å²) in [4.78, 5) is 5.67. The number of benzene rings is 1. The molecule has 0 bridgehead atoms. The number of nitrogens with two attached hydrogens (primary N) is 1. The average molecular weight is 364 g/mol. The molecule has 1 aromatic carbocycles. The van der Waals surface area contributed by atoms with E-state index in [1.165, 1.54) is 10.9 Å². The van der Waals surface area contributed by atoms with Gasteiger partial charge in [0.1, 0.15) is 11.0 Å². The van der Waals surface area contributed by atoms with Crippen molar-refractivity contribution in [2.45, 2.75) is 32.9 Å². The third-order valence-corrected chi connectivity index (χ3v) is 5.41. The van der Waals surface area contributed by atoms with Gasteiger partial charge in [0.05, 0.1) is 15.9 Å². The first-order chi connectivity index (χ1) is 11.5. The molecule has 0 amide bonds. The molecular formula is C18H19ClFN3S. The van der Waals surface area contributed by atoms with Gasteiger partial charge in [-0.1, -0.05) is 29.8 Å². The van der Waals surface area contributed by atoms with E-state index >= 15 is 0 Å². The van der Waals surface area contributed by atoms with Crippen LogP contribution in [0.3, 0.4) is 0 Å². The SMILES string of the molecule is Cc1c(CC(C)N)sc2c(NCc3ccccc3F)cc(Cl)nc12. The van der Waals surface area contributed by atoms with Crippen LogP contribution in [0.25, 0.3) is 10.2 Å². The lowest BCUT2D eigenvalue weighted by Gasteiger charge is -2.09. The van der Waals surface area contributed by atoms with Crippen LogP contribution < -0.4 is 11.1 Å². The lowest BCUT2D eigenvalue weighted by molar-refractivity contribution is 0.613. The van der Waals surface area contributed by atoms with Gasteiger partial charge in [-0.05, 0) is 31.9 Å². The Hall–Kier alpha value is -1.69. The molecule has 3 nitrogen and oxygen atoms in total. The summed E-state index contributed by atoms with van der Waals surface area (Å²) in [5, 5.41) is 3.72. The highest BCUT2D eigenvalue weighted by molar-refractivity contribution is 7.19. The molecule has 2 aromatic heterocycles. The number of thiophene rings is 1. The predicted octanol–water partition coefficient (Wildman–Crippen LogP) is 4.90. The van der Waals surface area contributed by atoms with Gasteiger partial charge >= 0.3 is 0 Å². The van der Waals surface area contributed by atoms with Crippen molar-refractivity contribution in [3.63, 3.8) is 0 Å². The van der Waals surface area contributed by atoms with Gasteiger partial charge in [0.2, 0.25) is 0 Å². The summed E-state index contributed by atoms with van der Waals surface area (Å²) in [5.41, 5.74) is 9.43. The standard InChI is InChI=1S/C18H19ClFN3S/c1-10(21)7-15-11(2)17-18(24-15)14(8-16(19)23-17)22-9-12-5-3-4-6-13(12)20/h3-6,8,10H,7,9,21H2,1-2H3,(H,22,23). The van der Waals surface area contributed by atoms with E-state index in [4.69, 9.17) is 17.3 Å². The second-order valence-electron chi connectivity index (χ2n) is 5.95. The van der Waals surface area contributed by atoms with Crippen LogP contribution in [0.5, 0.6) is 0 Å². The molecule has 0 aliphatic heterocycles. The highest BCUT2D eigenvalue weighted by atomic mass is 35.5. The van der Waals surface area contributed by atoms with Crippen molar-refractivity contribution in [3.8, 4) is 0 Å². The molecule has 0 radical (unpaired) electrons. The normalized spacial score (nSPS) is 12.5. The summed E-state index contributed by atoms with van der Waals surface area (Å²) in [7, 11) is 0. The first-order valence-electron chi connectivity index (χ1n) is 7.77. The molecule has 1 atom stereocenters. The highest BCUT2D eigenvalue weighted by Crippen LogP contribution is 2.37. The summed E-state index contributed by atoms with van der Waals surface area (Å²) in [6.07, 6.45) is 0.803. The van der Waals surface area contributed by atoms with Crippen LogP contribution in [-0.4, -0.2) is 11.0 Å². The zero-order chi connectivity index (χ0) is 17.3. The summed E-state index contributed by atoms with van der Waals surface area (Å²) < 4.78 is 14.8. The molecule has 2 heterocycles. The van der Waals surface area contributed by atoms with E-state index in [2.05, 4.69) is 10.3 Å². The van der Waals surface area contributed by atoms with Crippen molar-refractivity contribution >= 4 is 38.8 Å². The summed E-state index contributed by atoms with van der Waals surface area (Å²) in [6.45, 7) is 4.42. The molecule has 0 aliphatic carbocycles. The second kappa shape index (κ2) is 7.05. The van der Waals surface area contributed by atoms with Crippen LogP contribution in [0.1, 0.15) is 22.9 Å². The molecule has 24 heavy (non-hydrogen) atoms. The van der Waals surface area contributed by atoms with Crippen molar-refractivity contribution in [1.82, 2.24) is 4.98 Å². The molecule has 0 saturated heterocycles. The molecule has 6 heteroatoms. The monoisotopic (exact) mass is 363 g/mol. The second-order valence-corrected chi connectivity index (χ2v) is 7.44. The predicted molar refractivity (Wildman–Crippen MR) is 100 cm³/mol. The zero-order valence-corrected chi connectivity index (χ0v) is 15.1. The van der Waals surface area contributed by atoms with Crippen LogP contribution in [-0.2, 0) is 13.0 Å². The van der Waals surface area contributed by atoms with Gasteiger partial charge in [-0.25, -0.2) is 9.37 Å². The Morgan fingerprint density at radius 2 is 2.12 bits per heavy atom. The molecule has 3 aromatic rings. The van der Waals surface area contributed by atoms with Gasteiger partial charge < -0.3 is 11.1 Å². The molecule has 0 spiro atoms. The quantitative estimate of drug-likeness (QED) is 0.634. The Balaban J connectivity index is 1.96. The number of rotatable bonds is 5. The fourth-order valence-electron chi connectivity index (χ4n) is 2.64. The van der Waals surface area contributed by atoms with Crippen molar-refractivity contribution in [2.75, 3.05) is 5.32 Å². The van der Waals surface area contributed by atoms with Crippen LogP contribution in [0.4, 0.5) is 10.1 Å². The van der Waals surface area contributed by atoms with E-state index in [1.807, 2.05) is 19.9 Å². The fourth-order valence-corrected chi connectivity index (χ4v) is 4.21. The lowest BCUT2D eigenvalue weighted by Crippen LogP contribution is -2.17. The number of hydrogen-bond acceptors (Lipinski definition) is 4. The Kier molecular flexibility index (Phi) is 5.04. The largest absolute Gasteiger partial charge is 0.380 e. The van der Waals surface area contributed by atoms with E-state index in [1.54, 1.807) is 29.5 Å². The smallest absolute Gasteiger partial charge is 0.131 e. The fraction of sp³-hybridized carbons (Fsp3) is 0.278. The first-order valence-corrected chi connectivity index (χ1v) is 8.96. The third kappa shape index (κ3) is 3.53. The van der Waals surface area contributed by atoms with Crippen LogP contribution in [0.15, 0.2) is 30.3 Å². The van der Waals surface area contributed by atoms with Gasteiger partial charge in [0.25, 0.3) is 0 Å². The van der Waals surface area contributed by atoms with E-state index in [9.17, 15) is 4.39 Å². The van der Waals surface area contributed by atoms with Gasteiger partial charge in [-0.3, -0.25) is 0 Å². The Morgan fingerprint density at radius 3 is 2.83 bits per heavy atom. The molecule has 126 valence electrons. The number of anilines is 1. The number of halogens is 2. The van der Waals surface area contributed by atoms with Crippen molar-refractivity contribution in [3.05, 3.63) is 57.3 Å². The van der Waals surface area contributed by atoms with Gasteiger partial charge in [-0.15, -0.1) is 11.3 Å². The van der Waals surface area contributed by atoms with Crippen LogP contribution in [0.2, 0.25) is 5.15 Å². The number of aryl methyl sites for hydroxylation is 1. The minimum Gasteiger partial charge on any atom is -0.380 e. The molecule has 0 fully saturated rings. The van der Waals surface area contributed by atoms with E-state index in [-0.39, 0.29) is 11.9 Å². The Bertz CT molecular complexity index is 876. The van der Waals surface area contributed by atoms with E-state index < -0.39 is 0 Å². The minimum absolute atomic E-state index is 0.0852. The van der Waals surface area contributed by atoms with Gasteiger partial charge in [0, 0.05) is 29.1 Å². The Morgan fingerprint density at radius 1 is 1.38 bits per heavy atom. The van der Waals surface area contributed by atoms with Crippen molar-refractivity contribution < 1.29 is 4.39 Å². The number of hydrogen-bond donors (Lipinski definition) is 2. The highest BCUT2D eigenvalue weighted by Gasteiger charge is 2.15. The molecule has 0 aliphatic rings. The number of aromatic nitrogens is 1. The summed E-state index contributed by atoms with van der Waals surface area (Å²) in [5.74, 6) is -0.221. The topological polar surface area (TPSA) is 50.9 Å². The number of pyridine rings is 1. The van der Waals surface area contributed by atoms with Crippen molar-refractivity contribution in [1.29, 1.82) is 0 Å².